The molecular weight excluding hydrogens is 806 g/mol. The first kappa shape index (κ1) is 41.1. The van der Waals surface area contributed by atoms with E-state index in [4.69, 9.17) is 28.2 Å². The van der Waals surface area contributed by atoms with E-state index in [1.54, 1.807) is 45.2 Å². The fourth-order valence-electron chi connectivity index (χ4n) is 6.09. The van der Waals surface area contributed by atoms with E-state index < -0.39 is 23.3 Å². The molecule has 0 aliphatic heterocycles. The Labute approximate surface area is 342 Å². The van der Waals surface area contributed by atoms with Crippen molar-refractivity contribution in [2.24, 2.45) is 0 Å². The summed E-state index contributed by atoms with van der Waals surface area (Å²) in [5.41, 5.74) is 4.99. The van der Waals surface area contributed by atoms with Crippen LogP contribution in [0, 0.1) is 0 Å². The van der Waals surface area contributed by atoms with Crippen LogP contribution in [-0.4, -0.2) is 50.0 Å². The number of halogens is 1. The van der Waals surface area contributed by atoms with Crippen LogP contribution >= 0.6 is 15.9 Å². The predicted octanol–water partition coefficient (Wildman–Crippen LogP) is 8.59. The number of aliphatic hydroxyl groups excluding tert-OH is 1. The number of esters is 1. The van der Waals surface area contributed by atoms with Crippen molar-refractivity contribution in [2.45, 2.75) is 26.4 Å². The van der Waals surface area contributed by atoms with Gasteiger partial charge in [-0.2, -0.15) is 0 Å². The molecule has 7 rings (SSSR count). The second-order valence-corrected chi connectivity index (χ2v) is 14.0. The van der Waals surface area contributed by atoms with Gasteiger partial charge in [-0.15, -0.1) is 0 Å². The molecular formula is C46H40BrNO10. The number of nitrogens with zero attached hydrogens (tertiary/aromatic N) is 1. The molecule has 1 amide bonds. The van der Waals surface area contributed by atoms with Gasteiger partial charge in [0.25, 0.3) is 5.91 Å². The van der Waals surface area contributed by atoms with Gasteiger partial charge in [0.15, 0.2) is 12.7 Å². The van der Waals surface area contributed by atoms with Gasteiger partial charge in [-0.3, -0.25) is 4.79 Å². The highest BCUT2D eigenvalue weighted by Gasteiger charge is 2.17. The number of hydrogen-bond donors (Lipinski definition) is 1. The summed E-state index contributed by atoms with van der Waals surface area (Å²) in [7, 11) is 1.68. The second-order valence-electron chi connectivity index (χ2n) is 13.0. The second kappa shape index (κ2) is 19.1. The van der Waals surface area contributed by atoms with Crippen LogP contribution in [0.3, 0.4) is 0 Å². The van der Waals surface area contributed by atoms with Crippen molar-refractivity contribution in [1.82, 2.24) is 0 Å². The summed E-state index contributed by atoms with van der Waals surface area (Å²) in [4.78, 5) is 49.9. The highest BCUT2D eigenvalue weighted by Crippen LogP contribution is 2.32. The lowest BCUT2D eigenvalue weighted by atomic mass is 10.0. The quantitative estimate of drug-likeness (QED) is 0.0938. The first-order chi connectivity index (χ1) is 28.0. The molecule has 58 heavy (non-hydrogen) atoms. The van der Waals surface area contributed by atoms with Crippen molar-refractivity contribution < 1.29 is 37.7 Å². The third-order valence-corrected chi connectivity index (χ3v) is 9.59. The Kier molecular flexibility index (Phi) is 13.5. The zero-order chi connectivity index (χ0) is 41.2. The third-order valence-electron chi connectivity index (χ3n) is 9.06. The monoisotopic (exact) mass is 845 g/mol. The van der Waals surface area contributed by atoms with Gasteiger partial charge in [-0.1, -0.05) is 70.5 Å². The molecule has 5 aromatic carbocycles. The van der Waals surface area contributed by atoms with E-state index in [-0.39, 0.29) is 25.7 Å². The molecule has 296 valence electrons. The van der Waals surface area contributed by atoms with Gasteiger partial charge in [0.1, 0.15) is 22.7 Å². The highest BCUT2D eigenvalue weighted by molar-refractivity contribution is 9.10. The number of hydrogen-bond acceptors (Lipinski definition) is 10. The van der Waals surface area contributed by atoms with Crippen molar-refractivity contribution in [3.8, 4) is 33.8 Å². The molecule has 7 aromatic rings. The number of likely N-dealkylation sites (N-methyl/N-ethyl adjacent to an activating group) is 1. The molecule has 0 radical (unpaired) electrons. The molecule has 1 unspecified atom stereocenters. The SMILES string of the molecule is CCOC(=O)C(C)Oc1ccc2c(-c3ccc(Br)cc3)cc(=O)oc2c1.CN(C(=O)COc1ccc2c(-c3ccccc3)cc(=O)oc2c1)c1ccc(CCO)cc1. The fourth-order valence-corrected chi connectivity index (χ4v) is 6.35. The van der Waals surface area contributed by atoms with Gasteiger partial charge in [0.05, 0.1) is 6.61 Å². The van der Waals surface area contributed by atoms with Gasteiger partial charge in [-0.25, -0.2) is 14.4 Å². The van der Waals surface area contributed by atoms with Gasteiger partial charge in [0.2, 0.25) is 0 Å². The summed E-state index contributed by atoms with van der Waals surface area (Å²) >= 11 is 3.40. The standard InChI is InChI=1S/C26H23NO5.C20H17BrO5/c1-27(20-9-7-18(8-10-20)13-14-28)25(29)17-31-21-11-12-22-23(19-5-3-2-4-6-19)16-26(30)32-24(22)15-21;1-3-24-20(23)12(2)25-15-8-9-16-17(11-19(22)26-18(16)10-15)13-4-6-14(21)7-5-13/h2-12,15-16,28H,13-14,17H2,1H3;4-12H,3H2,1-2H3. The van der Waals surface area contributed by atoms with E-state index in [1.165, 1.54) is 17.0 Å². The first-order valence-electron chi connectivity index (χ1n) is 18.4. The lowest BCUT2D eigenvalue weighted by Gasteiger charge is -2.18. The van der Waals surface area contributed by atoms with Crippen molar-refractivity contribution in [2.75, 3.05) is 31.8 Å². The molecule has 0 spiro atoms. The maximum Gasteiger partial charge on any atom is 0.347 e. The van der Waals surface area contributed by atoms with E-state index in [9.17, 15) is 19.2 Å². The highest BCUT2D eigenvalue weighted by atomic mass is 79.9. The van der Waals surface area contributed by atoms with Gasteiger partial charge in [0, 0.05) is 58.9 Å². The minimum atomic E-state index is -0.756. The molecule has 0 saturated carbocycles. The Balaban J connectivity index is 0.000000200. The van der Waals surface area contributed by atoms with Crippen LogP contribution in [0.5, 0.6) is 11.5 Å². The molecule has 0 aliphatic carbocycles. The number of fused-ring (bicyclic) bond motifs is 2. The van der Waals surface area contributed by atoms with Crippen LogP contribution < -0.4 is 25.6 Å². The summed E-state index contributed by atoms with van der Waals surface area (Å²) < 4.78 is 27.8. The topological polar surface area (TPSA) is 146 Å². The molecule has 2 aromatic heterocycles. The number of carbonyl (C=O) groups is 2. The zero-order valence-electron chi connectivity index (χ0n) is 32.0. The number of benzene rings is 5. The smallest absolute Gasteiger partial charge is 0.347 e. The van der Waals surface area contributed by atoms with Gasteiger partial charge >= 0.3 is 17.2 Å². The average Bonchev–Trinajstić information content (AvgIpc) is 3.23. The molecule has 1 N–H and O–H groups in total. The Hall–Kier alpha value is -6.50. The summed E-state index contributed by atoms with van der Waals surface area (Å²) in [6.07, 6.45) is -0.181. The lowest BCUT2D eigenvalue weighted by Crippen LogP contribution is -2.31. The summed E-state index contributed by atoms with van der Waals surface area (Å²) in [5.74, 6) is 0.192. The van der Waals surface area contributed by atoms with Gasteiger partial charge < -0.3 is 33.1 Å². The molecule has 0 fully saturated rings. The first-order valence-corrected chi connectivity index (χ1v) is 19.2. The normalized spacial score (nSPS) is 11.3. The van der Waals surface area contributed by atoms with E-state index >= 15 is 0 Å². The molecule has 0 bridgehead atoms. The average molecular weight is 847 g/mol. The van der Waals surface area contributed by atoms with Crippen molar-refractivity contribution in [3.63, 3.8) is 0 Å². The molecule has 2 heterocycles. The Morgan fingerprint density at radius 1 is 0.741 bits per heavy atom. The number of ether oxygens (including phenoxy) is 3. The zero-order valence-corrected chi connectivity index (χ0v) is 33.6. The summed E-state index contributed by atoms with van der Waals surface area (Å²) in [5, 5.41) is 10.6. The molecule has 11 nitrogen and oxygen atoms in total. The van der Waals surface area contributed by atoms with Crippen molar-refractivity contribution >= 4 is 55.4 Å². The Morgan fingerprint density at radius 3 is 1.90 bits per heavy atom. The van der Waals surface area contributed by atoms with E-state index in [1.807, 2.05) is 91.0 Å². The number of aliphatic hydroxyl groups is 1. The van der Waals surface area contributed by atoms with Crippen LogP contribution in [0.4, 0.5) is 5.69 Å². The summed E-state index contributed by atoms with van der Waals surface area (Å²) in [6, 6.07) is 38.0. The van der Waals surface area contributed by atoms with E-state index in [2.05, 4.69) is 15.9 Å². The minimum absolute atomic E-state index is 0.0840. The van der Waals surface area contributed by atoms with Crippen LogP contribution in [-0.2, 0) is 20.7 Å². The van der Waals surface area contributed by atoms with E-state index in [0.29, 0.717) is 29.1 Å². The van der Waals surface area contributed by atoms with Crippen LogP contribution in [0.2, 0.25) is 0 Å². The number of rotatable bonds is 12. The number of anilines is 1. The largest absolute Gasteiger partial charge is 0.484 e. The molecule has 0 aliphatic rings. The number of carbonyl (C=O) groups excluding carboxylic acids is 2. The van der Waals surface area contributed by atoms with Crippen molar-refractivity contribution in [1.29, 1.82) is 0 Å². The molecule has 0 saturated heterocycles. The van der Waals surface area contributed by atoms with Crippen LogP contribution in [0.25, 0.3) is 44.2 Å². The fraction of sp³-hybridized carbons (Fsp3) is 0.174. The number of amides is 1. The maximum atomic E-state index is 12.6. The van der Waals surface area contributed by atoms with Crippen molar-refractivity contribution in [3.05, 3.63) is 158 Å². The predicted molar refractivity (Wildman–Crippen MR) is 226 cm³/mol. The lowest BCUT2D eigenvalue weighted by molar-refractivity contribution is -0.150. The van der Waals surface area contributed by atoms with E-state index in [0.717, 1.165) is 48.7 Å². The molecule has 1 atom stereocenters. The van der Waals surface area contributed by atoms with Crippen LogP contribution in [0.1, 0.15) is 19.4 Å². The van der Waals surface area contributed by atoms with Gasteiger partial charge in [-0.05, 0) is 96.6 Å². The Morgan fingerprint density at radius 2 is 1.31 bits per heavy atom. The maximum absolute atomic E-state index is 12.6. The molecule has 12 heteroatoms. The van der Waals surface area contributed by atoms with Crippen LogP contribution in [0.15, 0.2) is 150 Å². The summed E-state index contributed by atoms with van der Waals surface area (Å²) in [6.45, 7) is 3.55. The third kappa shape index (κ3) is 10.3. The Bertz CT molecular complexity index is 2640. The minimum Gasteiger partial charge on any atom is -0.484 e.